The molecule has 0 aliphatic carbocycles. The molecule has 0 unspecified atom stereocenters. The molecule has 0 saturated carbocycles. The van der Waals surface area contributed by atoms with Crippen LogP contribution in [0.3, 0.4) is 0 Å². The number of halogens is 2. The van der Waals surface area contributed by atoms with Crippen LogP contribution in [0.25, 0.3) is 22.9 Å². The molecule has 0 aliphatic rings. The summed E-state index contributed by atoms with van der Waals surface area (Å²) in [5.74, 6) is -1.94. The molecule has 7 heteroatoms. The van der Waals surface area contributed by atoms with Gasteiger partial charge in [0.05, 0.1) is 36.0 Å². The van der Waals surface area contributed by atoms with E-state index in [9.17, 15) is 14.0 Å². The SMILES string of the molecule is N#CCCn1cc(C=C(C#N)c2ccccn2)c(-c2ccc(F)c(F)c2)n1. The zero-order valence-electron chi connectivity index (χ0n) is 14.1. The standard InChI is InChI=1S/C20H13F2N5/c21-17-6-5-14(11-18(17)22)20-16(13-27(26-20)9-3-7-23)10-15(12-24)19-4-1-2-8-25-19/h1-2,4-6,8,10-11,13H,3,9H2. The van der Waals surface area contributed by atoms with Gasteiger partial charge in [0.2, 0.25) is 0 Å². The largest absolute Gasteiger partial charge is 0.270 e. The number of nitrogens with zero attached hydrogens (tertiary/aromatic N) is 5. The van der Waals surface area contributed by atoms with Crippen LogP contribution in [0.5, 0.6) is 0 Å². The van der Waals surface area contributed by atoms with Gasteiger partial charge in [0, 0.05) is 23.5 Å². The maximum absolute atomic E-state index is 13.7. The average molecular weight is 361 g/mol. The van der Waals surface area contributed by atoms with Crippen LogP contribution in [0.4, 0.5) is 8.78 Å². The normalized spacial score (nSPS) is 11.0. The first kappa shape index (κ1) is 18.0. The number of allylic oxidation sites excluding steroid dienone is 1. The summed E-state index contributed by atoms with van der Waals surface area (Å²) in [7, 11) is 0. The molecule has 2 heterocycles. The van der Waals surface area contributed by atoms with Gasteiger partial charge in [-0.3, -0.25) is 9.67 Å². The van der Waals surface area contributed by atoms with Crippen molar-refractivity contribution in [2.45, 2.75) is 13.0 Å². The van der Waals surface area contributed by atoms with Crippen LogP contribution in [-0.4, -0.2) is 14.8 Å². The minimum atomic E-state index is -0.987. The fourth-order valence-electron chi connectivity index (χ4n) is 2.53. The second-order valence-corrected chi connectivity index (χ2v) is 5.62. The van der Waals surface area contributed by atoms with E-state index in [1.807, 2.05) is 6.07 Å². The molecule has 0 atom stereocenters. The molecular formula is C20H13F2N5. The molecule has 0 fully saturated rings. The molecule has 3 rings (SSSR count). The van der Waals surface area contributed by atoms with E-state index in [1.165, 1.54) is 6.07 Å². The summed E-state index contributed by atoms with van der Waals surface area (Å²) < 4.78 is 28.5. The van der Waals surface area contributed by atoms with Gasteiger partial charge in [0.1, 0.15) is 6.07 Å². The van der Waals surface area contributed by atoms with Gasteiger partial charge in [-0.15, -0.1) is 0 Å². The first-order valence-corrected chi connectivity index (χ1v) is 8.05. The molecule has 0 amide bonds. The van der Waals surface area contributed by atoms with Gasteiger partial charge in [-0.2, -0.15) is 15.6 Å². The van der Waals surface area contributed by atoms with Crippen molar-refractivity contribution in [1.82, 2.24) is 14.8 Å². The lowest BCUT2D eigenvalue weighted by Gasteiger charge is -2.02. The summed E-state index contributed by atoms with van der Waals surface area (Å²) in [6.07, 6.45) is 5.07. The molecule has 0 spiro atoms. The van der Waals surface area contributed by atoms with Crippen LogP contribution in [-0.2, 0) is 6.54 Å². The van der Waals surface area contributed by atoms with Crippen LogP contribution < -0.4 is 0 Å². The smallest absolute Gasteiger partial charge is 0.159 e. The Bertz CT molecular complexity index is 1070. The maximum Gasteiger partial charge on any atom is 0.159 e. The van der Waals surface area contributed by atoms with Crippen molar-refractivity contribution >= 4 is 11.6 Å². The van der Waals surface area contributed by atoms with Crippen LogP contribution >= 0.6 is 0 Å². The first-order chi connectivity index (χ1) is 13.1. The highest BCUT2D eigenvalue weighted by molar-refractivity contribution is 5.91. The van der Waals surface area contributed by atoms with Crippen LogP contribution in [0.15, 0.2) is 48.8 Å². The van der Waals surface area contributed by atoms with Crippen molar-refractivity contribution in [3.05, 3.63) is 71.7 Å². The van der Waals surface area contributed by atoms with Crippen LogP contribution in [0.1, 0.15) is 17.7 Å². The summed E-state index contributed by atoms with van der Waals surface area (Å²) in [5, 5.41) is 22.6. The summed E-state index contributed by atoms with van der Waals surface area (Å²) in [6.45, 7) is 0.340. The molecular weight excluding hydrogens is 348 g/mol. The average Bonchev–Trinajstić information content (AvgIpc) is 3.10. The van der Waals surface area contributed by atoms with Crippen molar-refractivity contribution < 1.29 is 8.78 Å². The fraction of sp³-hybridized carbons (Fsp3) is 0.100. The topological polar surface area (TPSA) is 78.3 Å². The van der Waals surface area contributed by atoms with E-state index >= 15 is 0 Å². The predicted molar refractivity (Wildman–Crippen MR) is 95.5 cm³/mol. The Labute approximate surface area is 154 Å². The van der Waals surface area contributed by atoms with Gasteiger partial charge < -0.3 is 0 Å². The molecule has 2 aromatic heterocycles. The lowest BCUT2D eigenvalue weighted by molar-refractivity contribution is 0.509. The third kappa shape index (κ3) is 4.05. The summed E-state index contributed by atoms with van der Waals surface area (Å²) >= 11 is 0. The Morgan fingerprint density at radius 2 is 2.00 bits per heavy atom. The third-order valence-electron chi connectivity index (χ3n) is 3.80. The summed E-state index contributed by atoms with van der Waals surface area (Å²) in [5.41, 5.74) is 2.09. The monoisotopic (exact) mass is 361 g/mol. The first-order valence-electron chi connectivity index (χ1n) is 8.05. The minimum Gasteiger partial charge on any atom is -0.270 e. The number of hydrogen-bond acceptors (Lipinski definition) is 4. The number of pyridine rings is 1. The van der Waals surface area contributed by atoms with Crippen molar-refractivity contribution in [2.24, 2.45) is 0 Å². The zero-order chi connectivity index (χ0) is 19.2. The van der Waals surface area contributed by atoms with Gasteiger partial charge in [-0.05, 0) is 36.4 Å². The second-order valence-electron chi connectivity index (χ2n) is 5.62. The second kappa shape index (κ2) is 8.03. The molecule has 5 nitrogen and oxygen atoms in total. The van der Waals surface area contributed by atoms with Crippen LogP contribution in [0, 0.1) is 34.3 Å². The van der Waals surface area contributed by atoms with Crippen molar-refractivity contribution in [3.63, 3.8) is 0 Å². The molecule has 132 valence electrons. The highest BCUT2D eigenvalue weighted by Gasteiger charge is 2.14. The van der Waals surface area contributed by atoms with E-state index in [2.05, 4.69) is 16.2 Å². The highest BCUT2D eigenvalue weighted by Crippen LogP contribution is 2.27. The maximum atomic E-state index is 13.7. The fourth-order valence-corrected chi connectivity index (χ4v) is 2.53. The number of benzene rings is 1. The summed E-state index contributed by atoms with van der Waals surface area (Å²) in [6, 6.07) is 12.8. The molecule has 0 saturated heterocycles. The Hall–Kier alpha value is -3.84. The third-order valence-corrected chi connectivity index (χ3v) is 3.80. The zero-order valence-corrected chi connectivity index (χ0v) is 14.1. The van der Waals surface area contributed by atoms with E-state index in [-0.39, 0.29) is 6.42 Å². The minimum absolute atomic E-state index is 0.243. The molecule has 0 bridgehead atoms. The van der Waals surface area contributed by atoms with Gasteiger partial charge in [-0.1, -0.05) is 6.07 Å². The van der Waals surface area contributed by atoms with E-state index in [1.54, 1.807) is 41.4 Å². The van der Waals surface area contributed by atoms with E-state index < -0.39 is 11.6 Å². The van der Waals surface area contributed by atoms with Gasteiger partial charge in [0.25, 0.3) is 0 Å². The Balaban J connectivity index is 2.11. The van der Waals surface area contributed by atoms with Crippen molar-refractivity contribution in [1.29, 1.82) is 10.5 Å². The van der Waals surface area contributed by atoms with Gasteiger partial charge in [0.15, 0.2) is 11.6 Å². The number of aryl methyl sites for hydroxylation is 1. The number of nitriles is 2. The number of aromatic nitrogens is 3. The highest BCUT2D eigenvalue weighted by atomic mass is 19.2. The van der Waals surface area contributed by atoms with E-state index in [0.29, 0.717) is 34.6 Å². The molecule has 0 radical (unpaired) electrons. The number of rotatable bonds is 5. The predicted octanol–water partition coefficient (Wildman–Crippen LogP) is 4.20. The molecule has 0 aliphatic heterocycles. The molecule has 0 N–H and O–H groups in total. The van der Waals surface area contributed by atoms with Crippen molar-refractivity contribution in [2.75, 3.05) is 0 Å². The van der Waals surface area contributed by atoms with Gasteiger partial charge in [-0.25, -0.2) is 8.78 Å². The number of hydrogen-bond donors (Lipinski definition) is 0. The Kier molecular flexibility index (Phi) is 5.34. The Morgan fingerprint density at radius 3 is 2.67 bits per heavy atom. The van der Waals surface area contributed by atoms with Crippen molar-refractivity contribution in [3.8, 4) is 23.4 Å². The molecule has 3 aromatic rings. The van der Waals surface area contributed by atoms with E-state index in [0.717, 1.165) is 12.1 Å². The quantitative estimate of drug-likeness (QED) is 0.638. The lowest BCUT2D eigenvalue weighted by atomic mass is 10.0. The molecule has 1 aromatic carbocycles. The summed E-state index contributed by atoms with van der Waals surface area (Å²) in [4.78, 5) is 4.16. The molecule has 27 heavy (non-hydrogen) atoms. The Morgan fingerprint density at radius 1 is 1.15 bits per heavy atom. The lowest BCUT2D eigenvalue weighted by Crippen LogP contribution is -1.97. The van der Waals surface area contributed by atoms with E-state index in [4.69, 9.17) is 5.26 Å². The van der Waals surface area contributed by atoms with Gasteiger partial charge >= 0.3 is 0 Å². The van der Waals surface area contributed by atoms with Crippen LogP contribution in [0.2, 0.25) is 0 Å².